The summed E-state index contributed by atoms with van der Waals surface area (Å²) in [7, 11) is 0. The van der Waals surface area contributed by atoms with Crippen LogP contribution in [0.5, 0.6) is 0 Å². The Hall–Kier alpha value is -2.25. The molecule has 2 amide bonds. The predicted molar refractivity (Wildman–Crippen MR) is 101 cm³/mol. The first-order valence-corrected chi connectivity index (χ1v) is 8.69. The zero-order valence-electron chi connectivity index (χ0n) is 14.4. The highest BCUT2D eigenvalue weighted by molar-refractivity contribution is 6.35. The summed E-state index contributed by atoms with van der Waals surface area (Å²) in [5.41, 5.74) is 0.0316. The lowest BCUT2D eigenvalue weighted by Crippen LogP contribution is -2.46. The van der Waals surface area contributed by atoms with E-state index < -0.39 is 17.5 Å². The molecule has 0 fully saturated rings. The predicted octanol–water partition coefficient (Wildman–Crippen LogP) is 4.00. The number of carboxylic acid groups (broad SMARTS) is 1. The summed E-state index contributed by atoms with van der Waals surface area (Å²) in [6.45, 7) is 3.82. The molecule has 9 heteroatoms. The van der Waals surface area contributed by atoms with Crippen molar-refractivity contribution in [2.24, 2.45) is 0 Å². The highest BCUT2D eigenvalue weighted by Crippen LogP contribution is 2.26. The van der Waals surface area contributed by atoms with Crippen molar-refractivity contribution >= 4 is 41.0 Å². The van der Waals surface area contributed by atoms with E-state index in [0.717, 1.165) is 0 Å². The van der Waals surface area contributed by atoms with Crippen molar-refractivity contribution in [1.29, 1.82) is 0 Å². The fourth-order valence-electron chi connectivity index (χ4n) is 2.33. The standard InChI is InChI=1S/C17H20Cl2N4O3/c1-17(2,8-6-15(24)25)22-16(26)21-14-7-9-20-23(14)10-11-12(18)4-3-5-13(11)19/h3-5,7,9H,6,8,10H2,1-2H3,(H,24,25)(H2,21,22,26). The van der Waals surface area contributed by atoms with Gasteiger partial charge in [0, 0.05) is 33.6 Å². The zero-order valence-corrected chi connectivity index (χ0v) is 15.9. The lowest BCUT2D eigenvalue weighted by molar-refractivity contribution is -0.137. The Labute approximate surface area is 161 Å². The number of hydrogen-bond acceptors (Lipinski definition) is 3. The molecule has 2 rings (SSSR count). The van der Waals surface area contributed by atoms with Crippen molar-refractivity contribution in [2.45, 2.75) is 38.8 Å². The van der Waals surface area contributed by atoms with Crippen LogP contribution in [0.1, 0.15) is 32.3 Å². The topological polar surface area (TPSA) is 96.2 Å². The number of carbonyl (C=O) groups is 2. The van der Waals surface area contributed by atoms with Crippen molar-refractivity contribution in [1.82, 2.24) is 15.1 Å². The molecule has 0 saturated heterocycles. The molecule has 0 aliphatic carbocycles. The molecular weight excluding hydrogens is 379 g/mol. The van der Waals surface area contributed by atoms with E-state index in [1.165, 1.54) is 0 Å². The number of nitrogens with zero attached hydrogens (tertiary/aromatic N) is 2. The molecule has 0 aliphatic heterocycles. The second-order valence-corrected chi connectivity index (χ2v) is 7.25. The van der Waals surface area contributed by atoms with Gasteiger partial charge in [0.15, 0.2) is 0 Å². The van der Waals surface area contributed by atoms with Crippen LogP contribution >= 0.6 is 23.2 Å². The second-order valence-electron chi connectivity index (χ2n) is 6.43. The molecule has 140 valence electrons. The Morgan fingerprint density at radius 2 is 1.88 bits per heavy atom. The van der Waals surface area contributed by atoms with Crippen LogP contribution in [-0.2, 0) is 11.3 Å². The van der Waals surface area contributed by atoms with E-state index in [0.29, 0.717) is 34.4 Å². The molecule has 0 aliphatic rings. The van der Waals surface area contributed by atoms with Crippen molar-refractivity contribution in [2.75, 3.05) is 5.32 Å². The summed E-state index contributed by atoms with van der Waals surface area (Å²) in [6, 6.07) is 6.42. The van der Waals surface area contributed by atoms with Crippen molar-refractivity contribution < 1.29 is 14.7 Å². The number of aromatic nitrogens is 2. The monoisotopic (exact) mass is 398 g/mol. The maximum Gasteiger partial charge on any atom is 0.320 e. The van der Waals surface area contributed by atoms with E-state index in [1.54, 1.807) is 49.0 Å². The van der Waals surface area contributed by atoms with Gasteiger partial charge in [0.1, 0.15) is 5.82 Å². The maximum absolute atomic E-state index is 12.2. The van der Waals surface area contributed by atoms with E-state index >= 15 is 0 Å². The molecule has 0 saturated carbocycles. The molecule has 2 aromatic rings. The van der Waals surface area contributed by atoms with Gasteiger partial charge in [-0.05, 0) is 32.4 Å². The van der Waals surface area contributed by atoms with Crippen LogP contribution in [0.2, 0.25) is 10.0 Å². The van der Waals surface area contributed by atoms with Gasteiger partial charge in [-0.25, -0.2) is 9.48 Å². The molecule has 7 nitrogen and oxygen atoms in total. The fraction of sp³-hybridized carbons (Fsp3) is 0.353. The first-order chi connectivity index (χ1) is 12.2. The van der Waals surface area contributed by atoms with Gasteiger partial charge in [0.05, 0.1) is 12.7 Å². The number of aliphatic carboxylic acids is 1. The van der Waals surface area contributed by atoms with Crippen LogP contribution < -0.4 is 10.6 Å². The molecule has 1 heterocycles. The van der Waals surface area contributed by atoms with Gasteiger partial charge in [-0.2, -0.15) is 5.10 Å². The van der Waals surface area contributed by atoms with Crippen LogP contribution in [0.25, 0.3) is 0 Å². The summed E-state index contributed by atoms with van der Waals surface area (Å²) in [5.74, 6) is -0.442. The Morgan fingerprint density at radius 3 is 2.50 bits per heavy atom. The van der Waals surface area contributed by atoms with Gasteiger partial charge in [-0.3, -0.25) is 10.1 Å². The van der Waals surface area contributed by atoms with Gasteiger partial charge in [-0.15, -0.1) is 0 Å². The van der Waals surface area contributed by atoms with Crippen molar-refractivity contribution in [3.8, 4) is 0 Å². The first kappa shape index (κ1) is 20.1. The third kappa shape index (κ3) is 5.64. The summed E-state index contributed by atoms with van der Waals surface area (Å²) in [5, 5.41) is 19.5. The van der Waals surface area contributed by atoms with E-state index in [9.17, 15) is 9.59 Å². The van der Waals surface area contributed by atoms with Gasteiger partial charge in [0.25, 0.3) is 0 Å². The summed E-state index contributed by atoms with van der Waals surface area (Å²) < 4.78 is 1.57. The van der Waals surface area contributed by atoms with E-state index in [2.05, 4.69) is 15.7 Å². The molecule has 26 heavy (non-hydrogen) atoms. The quantitative estimate of drug-likeness (QED) is 0.656. The van der Waals surface area contributed by atoms with Gasteiger partial charge in [0.2, 0.25) is 0 Å². The number of carbonyl (C=O) groups excluding carboxylic acids is 1. The molecule has 3 N–H and O–H groups in total. The highest BCUT2D eigenvalue weighted by atomic mass is 35.5. The van der Waals surface area contributed by atoms with Crippen molar-refractivity contribution in [3.63, 3.8) is 0 Å². The Kier molecular flexibility index (Phi) is 6.50. The van der Waals surface area contributed by atoms with Crippen LogP contribution in [0.3, 0.4) is 0 Å². The Bertz CT molecular complexity index is 785. The molecule has 0 spiro atoms. The molecule has 0 radical (unpaired) electrons. The number of halogens is 2. The Morgan fingerprint density at radius 1 is 1.23 bits per heavy atom. The molecule has 0 bridgehead atoms. The van der Waals surface area contributed by atoms with Crippen LogP contribution in [0.15, 0.2) is 30.5 Å². The maximum atomic E-state index is 12.2. The average molecular weight is 399 g/mol. The van der Waals surface area contributed by atoms with Crippen LogP contribution in [-0.4, -0.2) is 32.4 Å². The SMILES string of the molecule is CC(C)(CCC(=O)O)NC(=O)Nc1ccnn1Cc1c(Cl)cccc1Cl. The van der Waals surface area contributed by atoms with Gasteiger partial charge < -0.3 is 10.4 Å². The number of anilines is 1. The number of rotatable bonds is 7. The lowest BCUT2D eigenvalue weighted by Gasteiger charge is -2.25. The molecule has 1 aromatic heterocycles. The normalized spacial score (nSPS) is 11.2. The molecule has 0 atom stereocenters. The van der Waals surface area contributed by atoms with Crippen LogP contribution in [0, 0.1) is 0 Å². The number of carboxylic acids is 1. The largest absolute Gasteiger partial charge is 0.481 e. The minimum atomic E-state index is -0.907. The second kappa shape index (κ2) is 8.42. The number of amides is 2. The summed E-state index contributed by atoms with van der Waals surface area (Å²) >= 11 is 12.4. The summed E-state index contributed by atoms with van der Waals surface area (Å²) in [6.07, 6.45) is 1.83. The third-order valence-electron chi connectivity index (χ3n) is 3.74. The van der Waals surface area contributed by atoms with Crippen LogP contribution in [0.4, 0.5) is 10.6 Å². The zero-order chi connectivity index (χ0) is 19.3. The van der Waals surface area contributed by atoms with Crippen molar-refractivity contribution in [3.05, 3.63) is 46.1 Å². The molecule has 0 unspecified atom stereocenters. The molecule has 1 aromatic carbocycles. The average Bonchev–Trinajstić information content (AvgIpc) is 2.95. The lowest BCUT2D eigenvalue weighted by atomic mass is 9.99. The van der Waals surface area contributed by atoms with E-state index in [1.807, 2.05) is 0 Å². The molecular formula is C17H20Cl2N4O3. The smallest absolute Gasteiger partial charge is 0.320 e. The highest BCUT2D eigenvalue weighted by Gasteiger charge is 2.22. The number of hydrogen-bond donors (Lipinski definition) is 3. The summed E-state index contributed by atoms with van der Waals surface area (Å²) in [4.78, 5) is 22.9. The number of nitrogens with one attached hydrogen (secondary N) is 2. The first-order valence-electron chi connectivity index (χ1n) is 7.93. The minimum Gasteiger partial charge on any atom is -0.481 e. The number of urea groups is 1. The van der Waals surface area contributed by atoms with E-state index in [4.69, 9.17) is 28.3 Å². The third-order valence-corrected chi connectivity index (χ3v) is 4.45. The Balaban J connectivity index is 2.04. The minimum absolute atomic E-state index is 0.0315. The van der Waals surface area contributed by atoms with E-state index in [-0.39, 0.29) is 6.42 Å². The number of benzene rings is 1. The van der Waals surface area contributed by atoms with Gasteiger partial charge in [-0.1, -0.05) is 29.3 Å². The fourth-order valence-corrected chi connectivity index (χ4v) is 2.85. The van der Waals surface area contributed by atoms with Gasteiger partial charge >= 0.3 is 12.0 Å².